The lowest BCUT2D eigenvalue weighted by Crippen LogP contribution is -2.21. The third-order valence-corrected chi connectivity index (χ3v) is 3.71. The van der Waals surface area contributed by atoms with Crippen LogP contribution in [0.3, 0.4) is 0 Å². The van der Waals surface area contributed by atoms with Crippen LogP contribution in [0.5, 0.6) is 0 Å². The molecule has 94 valence electrons. The molecule has 0 aliphatic heterocycles. The SMILES string of the molecule is CSc1cc(Br)ccc1CN(C)CCC(=O)O. The molecule has 0 aliphatic rings. The standard InChI is InChI=1S/C12H16BrNO2S/c1-14(6-5-12(15)16)8-9-3-4-10(13)7-11(9)17-2/h3-4,7H,5-6,8H2,1-2H3,(H,15,16). The number of halogens is 1. The van der Waals surface area contributed by atoms with Gasteiger partial charge in [0.05, 0.1) is 6.42 Å². The Morgan fingerprint density at radius 1 is 1.53 bits per heavy atom. The highest BCUT2D eigenvalue weighted by atomic mass is 79.9. The number of benzene rings is 1. The normalized spacial score (nSPS) is 10.8. The quantitative estimate of drug-likeness (QED) is 0.819. The van der Waals surface area contributed by atoms with E-state index in [1.165, 1.54) is 10.5 Å². The summed E-state index contributed by atoms with van der Waals surface area (Å²) in [5.74, 6) is -0.752. The minimum atomic E-state index is -0.752. The van der Waals surface area contributed by atoms with Crippen LogP contribution in [-0.4, -0.2) is 35.8 Å². The topological polar surface area (TPSA) is 40.5 Å². The molecule has 1 aromatic rings. The van der Waals surface area contributed by atoms with Gasteiger partial charge in [0.1, 0.15) is 0 Å². The van der Waals surface area contributed by atoms with Crippen LogP contribution in [0.15, 0.2) is 27.6 Å². The van der Waals surface area contributed by atoms with Gasteiger partial charge in [-0.05, 0) is 31.0 Å². The van der Waals surface area contributed by atoms with Crippen LogP contribution in [0.4, 0.5) is 0 Å². The summed E-state index contributed by atoms with van der Waals surface area (Å²) < 4.78 is 1.07. The molecule has 0 bridgehead atoms. The van der Waals surface area contributed by atoms with Gasteiger partial charge in [0.2, 0.25) is 0 Å². The molecule has 0 heterocycles. The molecule has 0 amide bonds. The van der Waals surface area contributed by atoms with E-state index in [-0.39, 0.29) is 6.42 Å². The number of rotatable bonds is 6. The van der Waals surface area contributed by atoms with Crippen molar-refractivity contribution in [2.75, 3.05) is 19.8 Å². The molecule has 5 heteroatoms. The van der Waals surface area contributed by atoms with Crippen molar-refractivity contribution >= 4 is 33.7 Å². The minimum absolute atomic E-state index is 0.182. The maximum absolute atomic E-state index is 10.5. The Morgan fingerprint density at radius 2 is 2.24 bits per heavy atom. The summed E-state index contributed by atoms with van der Waals surface area (Å²) in [6, 6.07) is 6.18. The van der Waals surface area contributed by atoms with Crippen LogP contribution in [0, 0.1) is 0 Å². The van der Waals surface area contributed by atoms with Crippen molar-refractivity contribution in [1.82, 2.24) is 4.90 Å². The summed E-state index contributed by atoms with van der Waals surface area (Å²) in [5.41, 5.74) is 1.23. The average molecular weight is 318 g/mol. The first-order valence-corrected chi connectivity index (χ1v) is 7.27. The summed E-state index contributed by atoms with van der Waals surface area (Å²) in [6.07, 6.45) is 2.23. The molecule has 3 nitrogen and oxygen atoms in total. The van der Waals surface area contributed by atoms with Crippen LogP contribution < -0.4 is 0 Å². The van der Waals surface area contributed by atoms with E-state index in [9.17, 15) is 4.79 Å². The molecule has 1 N–H and O–H groups in total. The highest BCUT2D eigenvalue weighted by Crippen LogP contribution is 2.25. The van der Waals surface area contributed by atoms with Gasteiger partial charge in [0, 0.05) is 22.5 Å². The van der Waals surface area contributed by atoms with E-state index in [4.69, 9.17) is 5.11 Å². The third-order valence-electron chi connectivity index (χ3n) is 2.40. The van der Waals surface area contributed by atoms with Crippen molar-refractivity contribution in [2.24, 2.45) is 0 Å². The predicted octanol–water partition coefficient (Wildman–Crippen LogP) is 3.08. The number of carboxylic acids is 1. The van der Waals surface area contributed by atoms with Gasteiger partial charge in [-0.3, -0.25) is 4.79 Å². The largest absolute Gasteiger partial charge is 0.481 e. The molecule has 17 heavy (non-hydrogen) atoms. The summed E-state index contributed by atoms with van der Waals surface area (Å²) in [5, 5.41) is 8.63. The van der Waals surface area contributed by atoms with Gasteiger partial charge < -0.3 is 10.0 Å². The molecule has 0 saturated heterocycles. The van der Waals surface area contributed by atoms with Gasteiger partial charge in [-0.25, -0.2) is 0 Å². The highest BCUT2D eigenvalue weighted by Gasteiger charge is 2.07. The van der Waals surface area contributed by atoms with Crippen molar-refractivity contribution in [3.63, 3.8) is 0 Å². The monoisotopic (exact) mass is 317 g/mol. The van der Waals surface area contributed by atoms with E-state index in [0.29, 0.717) is 6.54 Å². The lowest BCUT2D eigenvalue weighted by Gasteiger charge is -2.17. The van der Waals surface area contributed by atoms with Gasteiger partial charge in [-0.2, -0.15) is 0 Å². The maximum atomic E-state index is 10.5. The van der Waals surface area contributed by atoms with E-state index in [2.05, 4.69) is 28.1 Å². The van der Waals surface area contributed by atoms with Crippen LogP contribution >= 0.6 is 27.7 Å². The predicted molar refractivity (Wildman–Crippen MR) is 74.5 cm³/mol. The molecule has 0 radical (unpaired) electrons. The zero-order valence-electron chi connectivity index (χ0n) is 9.94. The molecule has 0 unspecified atom stereocenters. The van der Waals surface area contributed by atoms with E-state index in [0.717, 1.165) is 11.0 Å². The minimum Gasteiger partial charge on any atom is -0.481 e. The van der Waals surface area contributed by atoms with Crippen molar-refractivity contribution in [3.05, 3.63) is 28.2 Å². The Hall–Kier alpha value is -0.520. The number of thioether (sulfide) groups is 1. The Balaban J connectivity index is 2.64. The second-order valence-corrected chi connectivity index (χ2v) is 5.60. The number of aliphatic carboxylic acids is 1. The molecule has 0 fully saturated rings. The lowest BCUT2D eigenvalue weighted by molar-refractivity contribution is -0.137. The Kier molecular flexibility index (Phi) is 6.02. The summed E-state index contributed by atoms with van der Waals surface area (Å²) in [6.45, 7) is 1.34. The van der Waals surface area contributed by atoms with Crippen molar-refractivity contribution < 1.29 is 9.90 Å². The summed E-state index contributed by atoms with van der Waals surface area (Å²) >= 11 is 5.15. The van der Waals surface area contributed by atoms with Gasteiger partial charge >= 0.3 is 5.97 Å². The first kappa shape index (κ1) is 14.5. The molecule has 0 atom stereocenters. The lowest BCUT2D eigenvalue weighted by atomic mass is 10.2. The summed E-state index contributed by atoms with van der Waals surface area (Å²) in [4.78, 5) is 13.7. The Bertz CT molecular complexity index is 398. The van der Waals surface area contributed by atoms with Crippen LogP contribution in [0.2, 0.25) is 0 Å². The number of carboxylic acid groups (broad SMARTS) is 1. The number of nitrogens with zero attached hydrogens (tertiary/aromatic N) is 1. The van der Waals surface area contributed by atoms with E-state index < -0.39 is 5.97 Å². The average Bonchev–Trinajstić information content (AvgIpc) is 2.28. The van der Waals surface area contributed by atoms with E-state index in [1.54, 1.807) is 11.8 Å². The molecule has 1 aromatic carbocycles. The van der Waals surface area contributed by atoms with Crippen molar-refractivity contribution in [1.29, 1.82) is 0 Å². The van der Waals surface area contributed by atoms with Crippen LogP contribution in [-0.2, 0) is 11.3 Å². The Labute approximate surface area is 114 Å². The Morgan fingerprint density at radius 3 is 2.82 bits per heavy atom. The molecule has 0 saturated carbocycles. The molecule has 0 aromatic heterocycles. The van der Waals surface area contributed by atoms with Gasteiger partial charge in [0.15, 0.2) is 0 Å². The molecule has 1 rings (SSSR count). The molecular formula is C12H16BrNO2S. The maximum Gasteiger partial charge on any atom is 0.304 e. The second-order valence-electron chi connectivity index (χ2n) is 3.84. The first-order chi connectivity index (χ1) is 8.02. The fourth-order valence-electron chi connectivity index (χ4n) is 1.51. The molecular weight excluding hydrogens is 302 g/mol. The fraction of sp³-hybridized carbons (Fsp3) is 0.417. The third kappa shape index (κ3) is 5.10. The van der Waals surface area contributed by atoms with Crippen molar-refractivity contribution in [2.45, 2.75) is 17.9 Å². The van der Waals surface area contributed by atoms with Crippen molar-refractivity contribution in [3.8, 4) is 0 Å². The first-order valence-electron chi connectivity index (χ1n) is 5.25. The number of hydrogen-bond donors (Lipinski definition) is 1. The van der Waals surface area contributed by atoms with Crippen LogP contribution in [0.25, 0.3) is 0 Å². The number of carbonyl (C=O) groups is 1. The zero-order chi connectivity index (χ0) is 12.8. The smallest absolute Gasteiger partial charge is 0.304 e. The van der Waals surface area contributed by atoms with E-state index in [1.807, 2.05) is 24.3 Å². The zero-order valence-corrected chi connectivity index (χ0v) is 12.3. The number of hydrogen-bond acceptors (Lipinski definition) is 3. The summed E-state index contributed by atoms with van der Waals surface area (Å²) in [7, 11) is 1.94. The van der Waals surface area contributed by atoms with Crippen LogP contribution in [0.1, 0.15) is 12.0 Å². The van der Waals surface area contributed by atoms with Gasteiger partial charge in [-0.1, -0.05) is 22.0 Å². The highest BCUT2D eigenvalue weighted by molar-refractivity contribution is 9.10. The molecule has 0 spiro atoms. The second kappa shape index (κ2) is 7.03. The molecule has 0 aliphatic carbocycles. The van der Waals surface area contributed by atoms with Gasteiger partial charge in [0.25, 0.3) is 0 Å². The fourth-order valence-corrected chi connectivity index (χ4v) is 2.66. The van der Waals surface area contributed by atoms with E-state index >= 15 is 0 Å². The van der Waals surface area contributed by atoms with Gasteiger partial charge in [-0.15, -0.1) is 11.8 Å².